The second-order valence-electron chi connectivity index (χ2n) is 6.53. The zero-order valence-electron chi connectivity index (χ0n) is 15.0. The quantitative estimate of drug-likeness (QED) is 0.835. The maximum absolute atomic E-state index is 12.8. The van der Waals surface area contributed by atoms with Gasteiger partial charge in [0, 0.05) is 57.7 Å². The maximum atomic E-state index is 12.8. The number of rotatable bonds is 5. The van der Waals surface area contributed by atoms with Crippen molar-refractivity contribution < 1.29 is 18.0 Å². The Hall–Kier alpha value is -2.39. The molecule has 0 spiro atoms. The van der Waals surface area contributed by atoms with E-state index in [0.29, 0.717) is 6.54 Å². The van der Waals surface area contributed by atoms with E-state index in [-0.39, 0.29) is 24.1 Å². The number of nitrogens with zero attached hydrogens (tertiary/aromatic N) is 3. The van der Waals surface area contributed by atoms with Crippen molar-refractivity contribution in [3.05, 3.63) is 48.0 Å². The number of hydrogen-bond donors (Lipinski definition) is 2. The van der Waals surface area contributed by atoms with Crippen LogP contribution in [0.25, 0.3) is 0 Å². The summed E-state index contributed by atoms with van der Waals surface area (Å²) in [6.07, 6.45) is -0.626. The predicted molar refractivity (Wildman–Crippen MR) is 95.1 cm³/mol. The van der Waals surface area contributed by atoms with Crippen LogP contribution in [0.5, 0.6) is 0 Å². The second kappa shape index (κ2) is 8.10. The number of alkyl halides is 3. The van der Waals surface area contributed by atoms with E-state index in [1.54, 1.807) is 6.20 Å². The van der Waals surface area contributed by atoms with Crippen LogP contribution >= 0.6 is 0 Å². The first-order chi connectivity index (χ1) is 12.8. The average Bonchev–Trinajstić information content (AvgIpc) is 3.05. The van der Waals surface area contributed by atoms with Gasteiger partial charge in [0.05, 0.1) is 11.6 Å². The van der Waals surface area contributed by atoms with E-state index in [1.807, 2.05) is 17.8 Å². The normalized spacial score (nSPS) is 18.4. The Balaban J connectivity index is 1.59. The lowest BCUT2D eigenvalue weighted by atomic mass is 10.1. The van der Waals surface area contributed by atoms with Gasteiger partial charge in [-0.25, -0.2) is 4.98 Å². The first-order valence-corrected chi connectivity index (χ1v) is 8.73. The molecule has 1 unspecified atom stereocenters. The molecule has 0 radical (unpaired) electrons. The van der Waals surface area contributed by atoms with Gasteiger partial charge in [-0.05, 0) is 18.2 Å². The first-order valence-electron chi connectivity index (χ1n) is 8.73. The minimum Gasteiger partial charge on any atom is -0.337 e. The summed E-state index contributed by atoms with van der Waals surface area (Å²) in [5.74, 6) is 0.604. The number of piperazine rings is 1. The van der Waals surface area contributed by atoms with E-state index in [4.69, 9.17) is 0 Å². The molecule has 1 atom stereocenters. The van der Waals surface area contributed by atoms with Crippen LogP contribution in [-0.2, 0) is 18.0 Å². The Bertz CT molecular complexity index is 789. The van der Waals surface area contributed by atoms with Crippen molar-refractivity contribution >= 4 is 11.6 Å². The maximum Gasteiger partial charge on any atom is 0.416 e. The van der Waals surface area contributed by atoms with Gasteiger partial charge in [-0.3, -0.25) is 9.69 Å². The van der Waals surface area contributed by atoms with Crippen molar-refractivity contribution in [2.45, 2.75) is 18.6 Å². The number of amides is 1. The summed E-state index contributed by atoms with van der Waals surface area (Å²) in [6.45, 7) is 2.83. The largest absolute Gasteiger partial charge is 0.416 e. The predicted octanol–water partition coefficient (Wildman–Crippen LogP) is 2.41. The fraction of sp³-hybridized carbons (Fsp3) is 0.444. The Morgan fingerprint density at radius 3 is 2.93 bits per heavy atom. The molecular formula is C18H22F3N5O. The SMILES string of the molecule is Cn1ccnc1C1CNCCN1CCC(=O)Nc1cccc(C(F)(F)F)c1. The van der Waals surface area contributed by atoms with E-state index in [2.05, 4.69) is 20.5 Å². The van der Waals surface area contributed by atoms with Gasteiger partial charge in [0.1, 0.15) is 5.82 Å². The molecule has 1 aliphatic rings. The summed E-state index contributed by atoms with van der Waals surface area (Å²) < 4.78 is 40.3. The van der Waals surface area contributed by atoms with E-state index in [1.165, 1.54) is 12.1 Å². The topological polar surface area (TPSA) is 62.2 Å². The summed E-state index contributed by atoms with van der Waals surface area (Å²) in [7, 11) is 1.93. The molecule has 6 nitrogen and oxygen atoms in total. The minimum absolute atomic E-state index is 0.0557. The highest BCUT2D eigenvalue weighted by molar-refractivity contribution is 5.90. The van der Waals surface area contributed by atoms with Gasteiger partial charge in [-0.15, -0.1) is 0 Å². The molecule has 2 N–H and O–H groups in total. The smallest absolute Gasteiger partial charge is 0.337 e. The lowest BCUT2D eigenvalue weighted by Gasteiger charge is -2.35. The zero-order chi connectivity index (χ0) is 19.4. The molecule has 9 heteroatoms. The Labute approximate surface area is 155 Å². The van der Waals surface area contributed by atoms with E-state index in [0.717, 1.165) is 37.6 Å². The lowest BCUT2D eigenvalue weighted by molar-refractivity contribution is -0.137. The lowest BCUT2D eigenvalue weighted by Crippen LogP contribution is -2.47. The number of imidazole rings is 1. The van der Waals surface area contributed by atoms with Gasteiger partial charge in [0.15, 0.2) is 0 Å². The van der Waals surface area contributed by atoms with Crippen molar-refractivity contribution in [2.24, 2.45) is 7.05 Å². The number of carbonyl (C=O) groups excluding carboxylic acids is 1. The van der Waals surface area contributed by atoms with E-state index >= 15 is 0 Å². The highest BCUT2D eigenvalue weighted by atomic mass is 19.4. The monoisotopic (exact) mass is 381 g/mol. The molecule has 2 heterocycles. The Morgan fingerprint density at radius 2 is 2.22 bits per heavy atom. The molecule has 27 heavy (non-hydrogen) atoms. The minimum atomic E-state index is -4.43. The summed E-state index contributed by atoms with van der Waals surface area (Å²) in [4.78, 5) is 18.8. The molecule has 3 rings (SSSR count). The van der Waals surface area contributed by atoms with E-state index in [9.17, 15) is 18.0 Å². The zero-order valence-corrected chi connectivity index (χ0v) is 15.0. The molecule has 146 valence electrons. The molecule has 1 saturated heterocycles. The van der Waals surface area contributed by atoms with Crippen LogP contribution in [0.15, 0.2) is 36.7 Å². The van der Waals surface area contributed by atoms with Gasteiger partial charge in [0.25, 0.3) is 0 Å². The van der Waals surface area contributed by atoms with Gasteiger partial charge >= 0.3 is 6.18 Å². The highest BCUT2D eigenvalue weighted by Gasteiger charge is 2.30. The van der Waals surface area contributed by atoms with Gasteiger partial charge < -0.3 is 15.2 Å². The number of nitrogens with one attached hydrogen (secondary N) is 2. The standard InChI is InChI=1S/C18H22F3N5O/c1-25-9-7-23-17(25)15-12-22-6-10-26(15)8-5-16(27)24-14-4-2-3-13(11-14)18(19,20)21/h2-4,7,9,11,15,22H,5-6,8,10,12H2,1H3,(H,24,27). The number of anilines is 1. The molecule has 1 aromatic carbocycles. The number of benzene rings is 1. The van der Waals surface area contributed by atoms with Crippen LogP contribution in [0.1, 0.15) is 23.9 Å². The van der Waals surface area contributed by atoms with Gasteiger partial charge in [-0.2, -0.15) is 13.2 Å². The van der Waals surface area contributed by atoms with Crippen LogP contribution in [0.4, 0.5) is 18.9 Å². The van der Waals surface area contributed by atoms with Crippen molar-refractivity contribution in [3.8, 4) is 0 Å². The Kier molecular flexibility index (Phi) is 5.81. The van der Waals surface area contributed by atoms with Crippen LogP contribution in [0.2, 0.25) is 0 Å². The molecule has 0 saturated carbocycles. The van der Waals surface area contributed by atoms with E-state index < -0.39 is 11.7 Å². The fourth-order valence-electron chi connectivity index (χ4n) is 3.21. The molecule has 1 aliphatic heterocycles. The second-order valence-corrected chi connectivity index (χ2v) is 6.53. The number of aryl methyl sites for hydroxylation is 1. The van der Waals surface area contributed by atoms with Crippen LogP contribution in [0, 0.1) is 0 Å². The first kappa shape index (κ1) is 19.4. The van der Waals surface area contributed by atoms with Gasteiger partial charge in [0.2, 0.25) is 5.91 Å². The van der Waals surface area contributed by atoms with Crippen molar-refractivity contribution in [1.29, 1.82) is 0 Å². The van der Waals surface area contributed by atoms with Crippen LogP contribution in [-0.4, -0.2) is 46.5 Å². The third-order valence-electron chi connectivity index (χ3n) is 4.61. The number of carbonyl (C=O) groups is 1. The number of halogens is 3. The average molecular weight is 381 g/mol. The van der Waals surface area contributed by atoms with Crippen molar-refractivity contribution in [1.82, 2.24) is 19.8 Å². The molecule has 0 bridgehead atoms. The molecule has 2 aromatic rings. The van der Waals surface area contributed by atoms with Crippen LogP contribution < -0.4 is 10.6 Å². The van der Waals surface area contributed by atoms with Gasteiger partial charge in [-0.1, -0.05) is 6.07 Å². The number of aromatic nitrogens is 2. The summed E-state index contributed by atoms with van der Waals surface area (Å²) in [5.41, 5.74) is -0.631. The van der Waals surface area contributed by atoms with Crippen molar-refractivity contribution in [3.63, 3.8) is 0 Å². The molecule has 1 fully saturated rings. The number of hydrogen-bond acceptors (Lipinski definition) is 4. The third-order valence-corrected chi connectivity index (χ3v) is 4.61. The molecular weight excluding hydrogens is 359 g/mol. The van der Waals surface area contributed by atoms with Crippen molar-refractivity contribution in [2.75, 3.05) is 31.5 Å². The fourth-order valence-corrected chi connectivity index (χ4v) is 3.21. The molecule has 0 aliphatic carbocycles. The summed E-state index contributed by atoms with van der Waals surface area (Å²) >= 11 is 0. The summed E-state index contributed by atoms with van der Waals surface area (Å²) in [5, 5.41) is 5.88. The highest BCUT2D eigenvalue weighted by Crippen LogP contribution is 2.30. The molecule has 1 amide bonds. The third kappa shape index (κ3) is 4.86. The summed E-state index contributed by atoms with van der Waals surface area (Å²) in [6, 6.07) is 4.72. The van der Waals surface area contributed by atoms with Crippen LogP contribution in [0.3, 0.4) is 0 Å². The Morgan fingerprint density at radius 1 is 1.41 bits per heavy atom. The molecule has 1 aromatic heterocycles.